The molecule has 9 nitrogen and oxygen atoms in total. The molecule has 2 N–H and O–H groups in total. The Bertz CT molecular complexity index is 1090. The second-order valence-electron chi connectivity index (χ2n) is 7.93. The number of carboxylic acid groups (broad SMARTS) is 1. The van der Waals surface area contributed by atoms with E-state index in [2.05, 4.69) is 15.3 Å². The normalized spacial score (nSPS) is 16.9. The van der Waals surface area contributed by atoms with Crippen LogP contribution in [0.5, 0.6) is 0 Å². The van der Waals surface area contributed by atoms with Crippen LogP contribution in [-0.2, 0) is 6.18 Å². The number of carbonyl (C=O) groups excluding carboxylic acids is 1. The van der Waals surface area contributed by atoms with Crippen LogP contribution in [0.3, 0.4) is 0 Å². The quantitative estimate of drug-likeness (QED) is 0.672. The molecule has 33 heavy (non-hydrogen) atoms. The third kappa shape index (κ3) is 4.12. The lowest BCUT2D eigenvalue weighted by Gasteiger charge is -2.45. The van der Waals surface area contributed by atoms with Crippen LogP contribution in [-0.4, -0.2) is 51.7 Å². The Morgan fingerprint density at radius 2 is 1.97 bits per heavy atom. The molecule has 1 fully saturated rings. The van der Waals surface area contributed by atoms with Crippen LogP contribution in [0.25, 0.3) is 0 Å². The van der Waals surface area contributed by atoms with Crippen molar-refractivity contribution in [3.8, 4) is 0 Å². The van der Waals surface area contributed by atoms with E-state index >= 15 is 0 Å². The van der Waals surface area contributed by atoms with Gasteiger partial charge in [0, 0.05) is 19.3 Å². The van der Waals surface area contributed by atoms with Gasteiger partial charge in [0.1, 0.15) is 5.69 Å². The van der Waals surface area contributed by atoms with Gasteiger partial charge in [-0.05, 0) is 38.0 Å². The third-order valence-corrected chi connectivity index (χ3v) is 5.88. The highest BCUT2D eigenvalue weighted by atomic mass is 19.4. The molecule has 2 amide bonds. The Morgan fingerprint density at radius 3 is 2.58 bits per heavy atom. The monoisotopic (exact) mass is 464 g/mol. The number of benzene rings is 1. The number of aromatic carboxylic acids is 1. The lowest BCUT2D eigenvalue weighted by atomic mass is 10.1. The minimum Gasteiger partial charge on any atom is -0.478 e. The first-order chi connectivity index (χ1) is 15.6. The Hall–Kier alpha value is -3.57. The van der Waals surface area contributed by atoms with Crippen LogP contribution in [0.2, 0.25) is 0 Å². The molecule has 12 heteroatoms. The van der Waals surface area contributed by atoms with Gasteiger partial charge in [-0.1, -0.05) is 12.8 Å². The summed E-state index contributed by atoms with van der Waals surface area (Å²) in [5.41, 5.74) is -1.62. The van der Waals surface area contributed by atoms with Gasteiger partial charge in [-0.15, -0.1) is 0 Å². The highest BCUT2D eigenvalue weighted by Gasteiger charge is 2.40. The summed E-state index contributed by atoms with van der Waals surface area (Å²) in [6, 6.07) is 2.71. The molecule has 0 spiro atoms. The maximum Gasteiger partial charge on any atom is 0.417 e. The minimum absolute atomic E-state index is 0.00715. The van der Waals surface area contributed by atoms with Crippen molar-refractivity contribution in [3.63, 3.8) is 0 Å². The molecule has 2 heterocycles. The van der Waals surface area contributed by atoms with E-state index in [1.807, 2.05) is 11.9 Å². The first kappa shape index (κ1) is 22.6. The van der Waals surface area contributed by atoms with E-state index in [0.29, 0.717) is 18.1 Å². The number of nitrogens with one attached hydrogen (secondary N) is 1. The molecule has 1 aliphatic carbocycles. The summed E-state index contributed by atoms with van der Waals surface area (Å²) >= 11 is 0. The van der Waals surface area contributed by atoms with E-state index in [1.165, 1.54) is 17.2 Å². The topological polar surface area (TPSA) is 102 Å². The van der Waals surface area contributed by atoms with E-state index in [-0.39, 0.29) is 23.7 Å². The second-order valence-corrected chi connectivity index (χ2v) is 7.93. The molecule has 0 radical (unpaired) electrons. The van der Waals surface area contributed by atoms with Crippen LogP contribution >= 0.6 is 0 Å². The van der Waals surface area contributed by atoms with Gasteiger partial charge >= 0.3 is 18.2 Å². The van der Waals surface area contributed by atoms with Gasteiger partial charge in [-0.3, -0.25) is 9.91 Å². The summed E-state index contributed by atoms with van der Waals surface area (Å²) in [4.78, 5) is 34.2. The van der Waals surface area contributed by atoms with Crippen molar-refractivity contribution < 1.29 is 27.9 Å². The first-order valence-corrected chi connectivity index (χ1v) is 10.5. The summed E-state index contributed by atoms with van der Waals surface area (Å²) in [6.45, 7) is 2.29. The summed E-state index contributed by atoms with van der Waals surface area (Å²) < 4.78 is 40.1. The van der Waals surface area contributed by atoms with Crippen molar-refractivity contribution in [2.24, 2.45) is 0 Å². The number of hydrogen-bond donors (Lipinski definition) is 2. The Balaban J connectivity index is 1.73. The zero-order chi connectivity index (χ0) is 23.9. The molecule has 0 atom stereocenters. The first-order valence-electron chi connectivity index (χ1n) is 10.5. The molecule has 0 unspecified atom stereocenters. The summed E-state index contributed by atoms with van der Waals surface area (Å²) in [5, 5.41) is 15.3. The largest absolute Gasteiger partial charge is 0.478 e. The number of hydrogen-bond acceptors (Lipinski definition) is 6. The molecule has 0 bridgehead atoms. The average molecular weight is 464 g/mol. The summed E-state index contributed by atoms with van der Waals surface area (Å²) in [6.07, 6.45) is 0.464. The summed E-state index contributed by atoms with van der Waals surface area (Å²) in [7, 11) is 1.62. The minimum atomic E-state index is -4.84. The molecule has 1 saturated carbocycles. The van der Waals surface area contributed by atoms with Crippen molar-refractivity contribution in [1.82, 2.24) is 15.0 Å². The fourth-order valence-electron chi connectivity index (χ4n) is 4.29. The van der Waals surface area contributed by atoms with Gasteiger partial charge in [0.15, 0.2) is 5.82 Å². The smallest absolute Gasteiger partial charge is 0.417 e. The number of anilines is 4. The molecule has 2 aliphatic rings. The molecular formula is C21H23F3N6O3. The average Bonchev–Trinajstić information content (AvgIpc) is 3.29. The number of fused-ring (bicyclic) bond motifs is 1. The fourth-order valence-corrected chi connectivity index (χ4v) is 4.29. The van der Waals surface area contributed by atoms with Gasteiger partial charge in [0.05, 0.1) is 23.4 Å². The number of carbonyl (C=O) groups is 2. The maximum absolute atomic E-state index is 13.4. The number of hydrazine groups is 1. The van der Waals surface area contributed by atoms with Gasteiger partial charge in [-0.25, -0.2) is 19.6 Å². The van der Waals surface area contributed by atoms with Crippen LogP contribution < -0.4 is 15.2 Å². The van der Waals surface area contributed by atoms with E-state index in [1.54, 1.807) is 12.1 Å². The lowest BCUT2D eigenvalue weighted by molar-refractivity contribution is -0.138. The van der Waals surface area contributed by atoms with Gasteiger partial charge in [-0.2, -0.15) is 18.2 Å². The predicted molar refractivity (Wildman–Crippen MR) is 115 cm³/mol. The molecule has 1 aliphatic heterocycles. The standard InChI is InChI=1S/C21H23F3N6O3/c1-3-29-20(33)28(2)16-11-25-19(27-17(16)30(29)13-6-4-5-7-13)26-12-8-9-14(18(31)32)15(10-12)21(22,23)24/h8-11,13H,3-7H2,1-2H3,(H,31,32)(H,25,26,27). The van der Waals surface area contributed by atoms with E-state index < -0.39 is 23.3 Å². The van der Waals surface area contributed by atoms with Crippen molar-refractivity contribution in [2.45, 2.75) is 44.8 Å². The number of nitrogens with zero attached hydrogens (tertiary/aromatic N) is 5. The van der Waals surface area contributed by atoms with E-state index in [4.69, 9.17) is 5.11 Å². The molecule has 4 rings (SSSR count). The number of rotatable bonds is 5. The molecule has 1 aromatic heterocycles. The van der Waals surface area contributed by atoms with E-state index in [0.717, 1.165) is 37.8 Å². The van der Waals surface area contributed by atoms with Crippen molar-refractivity contribution >= 4 is 35.1 Å². The molecular weight excluding hydrogens is 441 g/mol. The van der Waals surface area contributed by atoms with Crippen molar-refractivity contribution in [2.75, 3.05) is 28.8 Å². The Labute approximate surface area is 187 Å². The Morgan fingerprint density at radius 1 is 1.27 bits per heavy atom. The van der Waals surface area contributed by atoms with Crippen LogP contribution in [0.4, 0.5) is 41.1 Å². The van der Waals surface area contributed by atoms with Gasteiger partial charge in [0.2, 0.25) is 5.95 Å². The van der Waals surface area contributed by atoms with Crippen molar-refractivity contribution in [1.29, 1.82) is 0 Å². The number of halogens is 3. The summed E-state index contributed by atoms with van der Waals surface area (Å²) in [5.74, 6) is -1.15. The maximum atomic E-state index is 13.4. The third-order valence-electron chi connectivity index (χ3n) is 5.88. The number of aromatic nitrogens is 2. The number of urea groups is 1. The molecule has 1 aromatic carbocycles. The highest BCUT2D eigenvalue weighted by Crippen LogP contribution is 2.39. The Kier molecular flexibility index (Phi) is 5.76. The molecule has 0 saturated heterocycles. The lowest BCUT2D eigenvalue weighted by Crippen LogP contribution is -2.59. The number of amides is 2. The molecule has 2 aromatic rings. The van der Waals surface area contributed by atoms with E-state index in [9.17, 15) is 22.8 Å². The molecule has 176 valence electrons. The van der Waals surface area contributed by atoms with Crippen LogP contribution in [0.1, 0.15) is 48.5 Å². The zero-order valence-electron chi connectivity index (χ0n) is 18.1. The van der Waals surface area contributed by atoms with Crippen LogP contribution in [0.15, 0.2) is 24.4 Å². The van der Waals surface area contributed by atoms with Gasteiger partial charge in [0.25, 0.3) is 0 Å². The van der Waals surface area contributed by atoms with Crippen molar-refractivity contribution in [3.05, 3.63) is 35.5 Å². The van der Waals surface area contributed by atoms with Crippen LogP contribution in [0, 0.1) is 0 Å². The SMILES string of the molecule is CCN1C(=O)N(C)c2cnc(Nc3ccc(C(=O)O)c(C(F)(F)F)c3)nc2N1C1CCCC1. The zero-order valence-corrected chi connectivity index (χ0v) is 18.1. The van der Waals surface area contributed by atoms with Gasteiger partial charge < -0.3 is 10.4 Å². The number of alkyl halides is 3. The predicted octanol–water partition coefficient (Wildman–Crippen LogP) is 4.49. The second kappa shape index (κ2) is 8.41. The fraction of sp³-hybridized carbons (Fsp3) is 0.429. The highest BCUT2D eigenvalue weighted by molar-refractivity contribution is 5.98. The number of carboxylic acids is 1.